The Bertz CT molecular complexity index is 1320. The summed E-state index contributed by atoms with van der Waals surface area (Å²) in [5, 5.41) is 0. The second-order valence-corrected chi connectivity index (χ2v) is 14.8. The molecule has 0 radical (unpaired) electrons. The molecule has 2 aromatic rings. The number of ether oxygens (including phenoxy) is 3. The van der Waals surface area contributed by atoms with Crippen LogP contribution < -0.4 is 4.74 Å². The molecule has 3 fully saturated rings. The van der Waals surface area contributed by atoms with Crippen molar-refractivity contribution in [3.05, 3.63) is 47.8 Å². The average Bonchev–Trinajstić information content (AvgIpc) is 2.91. The van der Waals surface area contributed by atoms with Crippen LogP contribution in [0.25, 0.3) is 11.1 Å². The Kier molecular flexibility index (Phi) is 8.49. The van der Waals surface area contributed by atoms with E-state index in [9.17, 15) is 32.6 Å². The standard InChI is InChI=1S/C30H34F10O3S/c1-17-2-4-18(5-3-17)21-15-41-29(42-16-21)19-6-8-22(9-7-19)30(34,35)43-23-10-11-24(25(31)14-23)20-12-26(32)28(27(33)13-20)44(36,37,38,39)40/h10-14,17-19,21-22,29H,2-9,15-16H2,1H3. The monoisotopic (exact) mass is 664 g/mol. The van der Waals surface area contributed by atoms with Gasteiger partial charge in [-0.3, -0.25) is 0 Å². The van der Waals surface area contributed by atoms with Gasteiger partial charge in [-0.25, -0.2) is 13.2 Å². The number of hydrogen-bond donors (Lipinski definition) is 0. The summed E-state index contributed by atoms with van der Waals surface area (Å²) in [6, 6.07) is 1.89. The lowest BCUT2D eigenvalue weighted by Gasteiger charge is -2.41. The van der Waals surface area contributed by atoms with Crippen molar-refractivity contribution >= 4 is 10.2 Å². The molecule has 2 saturated carbocycles. The molecule has 0 aromatic heterocycles. The van der Waals surface area contributed by atoms with Crippen molar-refractivity contribution in [2.24, 2.45) is 29.6 Å². The zero-order valence-electron chi connectivity index (χ0n) is 23.8. The summed E-state index contributed by atoms with van der Waals surface area (Å²) in [6.07, 6.45) is 1.52. The highest BCUT2D eigenvalue weighted by atomic mass is 32.5. The zero-order valence-corrected chi connectivity index (χ0v) is 24.7. The van der Waals surface area contributed by atoms with E-state index in [0.29, 0.717) is 44.0 Å². The van der Waals surface area contributed by atoms with Gasteiger partial charge in [0.2, 0.25) is 0 Å². The Morgan fingerprint density at radius 3 is 1.77 bits per heavy atom. The molecule has 1 saturated heterocycles. The smallest absolute Gasteiger partial charge is 0.400 e. The fraction of sp³-hybridized carbons (Fsp3) is 0.600. The van der Waals surface area contributed by atoms with E-state index in [-0.39, 0.29) is 30.9 Å². The van der Waals surface area contributed by atoms with E-state index < -0.39 is 67.8 Å². The van der Waals surface area contributed by atoms with Crippen LogP contribution in [0.15, 0.2) is 35.2 Å². The SMILES string of the molecule is CC1CCC(C2COC(C3CCC(C(F)(F)Oc4ccc(-c5cc(F)c(S(F)(F)(F)(F)F)c(F)c5)c(F)c4)CC3)OC2)CC1. The Balaban J connectivity index is 1.17. The summed E-state index contributed by atoms with van der Waals surface area (Å²) >= 11 is 0. The van der Waals surface area contributed by atoms with Gasteiger partial charge in [0.1, 0.15) is 23.2 Å². The quantitative estimate of drug-likeness (QED) is 0.276. The van der Waals surface area contributed by atoms with E-state index in [1.807, 2.05) is 0 Å². The molecule has 1 heterocycles. The van der Waals surface area contributed by atoms with Gasteiger partial charge >= 0.3 is 16.3 Å². The van der Waals surface area contributed by atoms with Crippen molar-refractivity contribution in [1.82, 2.24) is 0 Å². The van der Waals surface area contributed by atoms with Crippen molar-refractivity contribution in [2.45, 2.75) is 75.6 Å². The molecule has 3 aliphatic rings. The molecule has 14 heteroatoms. The van der Waals surface area contributed by atoms with Gasteiger partial charge in [0.05, 0.1) is 19.1 Å². The third kappa shape index (κ3) is 7.43. The lowest BCUT2D eigenvalue weighted by atomic mass is 9.76. The molecule has 0 N–H and O–H groups in total. The van der Waals surface area contributed by atoms with Crippen LogP contribution in [0.3, 0.4) is 0 Å². The first-order valence-electron chi connectivity index (χ1n) is 14.6. The Hall–Kier alpha value is -2.19. The zero-order chi connectivity index (χ0) is 32.1. The molecular formula is C30H34F10O3S. The molecule has 0 unspecified atom stereocenters. The maximum absolute atomic E-state index is 15.1. The van der Waals surface area contributed by atoms with Crippen LogP contribution in [0.2, 0.25) is 0 Å². The second kappa shape index (κ2) is 11.3. The molecule has 0 atom stereocenters. The second-order valence-electron chi connectivity index (χ2n) is 12.5. The molecule has 2 aliphatic carbocycles. The van der Waals surface area contributed by atoms with Crippen molar-refractivity contribution in [3.63, 3.8) is 0 Å². The number of benzene rings is 2. The van der Waals surface area contributed by atoms with E-state index in [0.717, 1.165) is 30.9 Å². The Labute approximate surface area is 249 Å². The molecule has 248 valence electrons. The van der Waals surface area contributed by atoms with E-state index in [1.54, 1.807) is 0 Å². The topological polar surface area (TPSA) is 27.7 Å². The summed E-state index contributed by atoms with van der Waals surface area (Å²) in [6.45, 7) is 3.43. The van der Waals surface area contributed by atoms with Crippen LogP contribution in [0, 0.1) is 47.0 Å². The number of hydrogen-bond acceptors (Lipinski definition) is 3. The predicted molar refractivity (Wildman–Crippen MR) is 144 cm³/mol. The lowest BCUT2D eigenvalue weighted by Crippen LogP contribution is -2.43. The van der Waals surface area contributed by atoms with Crippen LogP contribution in [0.5, 0.6) is 5.75 Å². The largest absolute Gasteiger partial charge is 0.432 e. The van der Waals surface area contributed by atoms with E-state index in [2.05, 4.69) is 6.92 Å². The van der Waals surface area contributed by atoms with Gasteiger partial charge in [-0.2, -0.15) is 8.78 Å². The minimum Gasteiger partial charge on any atom is -0.432 e. The third-order valence-electron chi connectivity index (χ3n) is 9.20. The summed E-state index contributed by atoms with van der Waals surface area (Å²) in [5.74, 6) is -6.88. The van der Waals surface area contributed by atoms with Gasteiger partial charge in [-0.1, -0.05) is 39.2 Å². The highest BCUT2D eigenvalue weighted by Crippen LogP contribution is 3.02. The maximum atomic E-state index is 15.1. The minimum atomic E-state index is -10.7. The summed E-state index contributed by atoms with van der Waals surface area (Å²) in [7, 11) is -10.7. The van der Waals surface area contributed by atoms with E-state index in [1.165, 1.54) is 12.8 Å². The highest BCUT2D eigenvalue weighted by Gasteiger charge is 2.69. The van der Waals surface area contributed by atoms with Gasteiger partial charge in [-0.15, -0.1) is 0 Å². The maximum Gasteiger partial charge on any atom is 0.400 e. The molecular weight excluding hydrogens is 630 g/mol. The van der Waals surface area contributed by atoms with Crippen molar-refractivity contribution < 1.29 is 55.6 Å². The number of alkyl halides is 2. The normalized spacial score (nSPS) is 30.3. The highest BCUT2D eigenvalue weighted by molar-refractivity contribution is 8.45. The van der Waals surface area contributed by atoms with E-state index in [4.69, 9.17) is 14.2 Å². The van der Waals surface area contributed by atoms with Gasteiger partial charge in [0.15, 0.2) is 11.2 Å². The summed E-state index contributed by atoms with van der Waals surface area (Å²) in [5.41, 5.74) is -1.55. The van der Waals surface area contributed by atoms with Gasteiger partial charge < -0.3 is 14.2 Å². The summed E-state index contributed by atoms with van der Waals surface area (Å²) in [4.78, 5) is -3.34. The van der Waals surface area contributed by atoms with Crippen molar-refractivity contribution in [3.8, 4) is 16.9 Å². The third-order valence-corrected chi connectivity index (χ3v) is 10.4. The molecule has 0 spiro atoms. The Morgan fingerprint density at radius 1 is 0.705 bits per heavy atom. The fourth-order valence-electron chi connectivity index (χ4n) is 6.68. The van der Waals surface area contributed by atoms with Crippen molar-refractivity contribution in [1.29, 1.82) is 0 Å². The van der Waals surface area contributed by atoms with Crippen LogP contribution in [0.4, 0.5) is 41.4 Å². The minimum absolute atomic E-state index is 0.0579. The van der Waals surface area contributed by atoms with Crippen LogP contribution in [0.1, 0.15) is 58.3 Å². The van der Waals surface area contributed by atoms with Gasteiger partial charge in [0.25, 0.3) is 0 Å². The van der Waals surface area contributed by atoms with Crippen molar-refractivity contribution in [2.75, 3.05) is 13.2 Å². The molecule has 0 bridgehead atoms. The lowest BCUT2D eigenvalue weighted by molar-refractivity contribution is -0.251. The molecule has 2 aromatic carbocycles. The van der Waals surface area contributed by atoms with Gasteiger partial charge in [0, 0.05) is 23.5 Å². The molecule has 0 amide bonds. The van der Waals surface area contributed by atoms with Crippen LogP contribution in [-0.2, 0) is 9.47 Å². The van der Waals surface area contributed by atoms with Crippen LogP contribution in [-0.4, -0.2) is 25.6 Å². The fourth-order valence-corrected chi connectivity index (χ4v) is 7.53. The summed E-state index contributed by atoms with van der Waals surface area (Å²) < 4.78 is 155. The molecule has 1 aliphatic heterocycles. The molecule has 44 heavy (non-hydrogen) atoms. The number of rotatable bonds is 7. The molecule has 3 nitrogen and oxygen atoms in total. The first-order chi connectivity index (χ1) is 20.3. The Morgan fingerprint density at radius 2 is 1.25 bits per heavy atom. The van der Waals surface area contributed by atoms with Crippen LogP contribution >= 0.6 is 10.2 Å². The average molecular weight is 665 g/mol. The first kappa shape index (κ1) is 33.2. The van der Waals surface area contributed by atoms with E-state index >= 15 is 8.78 Å². The molecule has 5 rings (SSSR count). The number of halogens is 10. The van der Waals surface area contributed by atoms with Gasteiger partial charge in [-0.05, 0) is 80.2 Å². The first-order valence-corrected chi connectivity index (χ1v) is 16.6. The predicted octanol–water partition coefficient (Wildman–Crippen LogP) is 11.0.